The van der Waals surface area contributed by atoms with E-state index in [-0.39, 0.29) is 0 Å². The SMILES string of the molecule is c1ccc(-n2c3ccccc3c3c4c5ccccc5c5ccccc5c4c4c5ccccc5sc4c32)cc1. The van der Waals surface area contributed by atoms with Crippen LogP contribution in [-0.4, -0.2) is 4.57 Å². The van der Waals surface area contributed by atoms with E-state index in [0.29, 0.717) is 0 Å². The molecule has 0 saturated heterocycles. The summed E-state index contributed by atoms with van der Waals surface area (Å²) < 4.78 is 5.18. The molecule has 0 spiro atoms. The van der Waals surface area contributed by atoms with E-state index in [2.05, 4.69) is 132 Å². The Bertz CT molecular complexity index is 2390. The summed E-state index contributed by atoms with van der Waals surface area (Å²) in [6.07, 6.45) is 0. The topological polar surface area (TPSA) is 4.93 Å². The minimum atomic E-state index is 1.20. The van der Waals surface area contributed by atoms with Crippen LogP contribution in [0.2, 0.25) is 0 Å². The lowest BCUT2D eigenvalue weighted by molar-refractivity contribution is 1.19. The highest BCUT2D eigenvalue weighted by atomic mass is 32.1. The maximum Gasteiger partial charge on any atom is 0.0726 e. The van der Waals surface area contributed by atoms with E-state index < -0.39 is 0 Å². The maximum absolute atomic E-state index is 2.49. The highest BCUT2D eigenvalue weighted by Gasteiger charge is 2.24. The van der Waals surface area contributed by atoms with Gasteiger partial charge in [-0.3, -0.25) is 0 Å². The Labute approximate surface area is 222 Å². The smallest absolute Gasteiger partial charge is 0.0726 e. The Morgan fingerprint density at radius 2 is 0.921 bits per heavy atom. The van der Waals surface area contributed by atoms with Crippen molar-refractivity contribution in [1.29, 1.82) is 0 Å². The van der Waals surface area contributed by atoms with E-state index >= 15 is 0 Å². The molecule has 0 saturated carbocycles. The molecule has 2 heteroatoms. The Morgan fingerprint density at radius 3 is 1.63 bits per heavy atom. The van der Waals surface area contributed by atoms with Crippen molar-refractivity contribution < 1.29 is 0 Å². The van der Waals surface area contributed by atoms with Gasteiger partial charge in [-0.05, 0) is 45.8 Å². The quantitative estimate of drug-likeness (QED) is 0.198. The minimum Gasteiger partial charge on any atom is -0.308 e. The van der Waals surface area contributed by atoms with E-state index in [1.807, 2.05) is 11.3 Å². The third kappa shape index (κ3) is 2.50. The van der Waals surface area contributed by atoms with Crippen LogP contribution in [-0.2, 0) is 0 Å². The summed E-state index contributed by atoms with van der Waals surface area (Å²) in [7, 11) is 0. The molecule has 0 aliphatic heterocycles. The number of hydrogen-bond donors (Lipinski definition) is 0. The zero-order chi connectivity index (χ0) is 24.8. The van der Waals surface area contributed by atoms with Gasteiger partial charge in [0.2, 0.25) is 0 Å². The molecule has 0 N–H and O–H groups in total. The van der Waals surface area contributed by atoms with Crippen molar-refractivity contribution in [2.75, 3.05) is 0 Å². The molecular formula is C36H21NS. The van der Waals surface area contributed by atoms with E-state index in [0.717, 1.165) is 0 Å². The van der Waals surface area contributed by atoms with Gasteiger partial charge in [0.05, 0.1) is 15.7 Å². The summed E-state index contributed by atoms with van der Waals surface area (Å²) in [5.41, 5.74) is 3.75. The van der Waals surface area contributed by atoms with Crippen LogP contribution < -0.4 is 0 Å². The minimum absolute atomic E-state index is 1.20. The Morgan fingerprint density at radius 1 is 0.395 bits per heavy atom. The van der Waals surface area contributed by atoms with Crippen LogP contribution in [0.5, 0.6) is 0 Å². The Balaban J connectivity index is 1.75. The first-order valence-corrected chi connectivity index (χ1v) is 13.9. The van der Waals surface area contributed by atoms with Crippen molar-refractivity contribution in [1.82, 2.24) is 4.57 Å². The highest BCUT2D eigenvalue weighted by Crippen LogP contribution is 2.51. The predicted molar refractivity (Wildman–Crippen MR) is 166 cm³/mol. The molecule has 2 aromatic heterocycles. The Hall–Kier alpha value is -4.66. The van der Waals surface area contributed by atoms with E-state index in [9.17, 15) is 0 Å². The summed E-state index contributed by atoms with van der Waals surface area (Å²) in [4.78, 5) is 0. The van der Waals surface area contributed by atoms with Gasteiger partial charge in [-0.1, -0.05) is 103 Å². The fraction of sp³-hybridized carbons (Fsp3) is 0. The fourth-order valence-electron chi connectivity index (χ4n) is 6.67. The summed E-state index contributed by atoms with van der Waals surface area (Å²) in [6, 6.07) is 46.6. The lowest BCUT2D eigenvalue weighted by atomic mass is 9.89. The first-order chi connectivity index (χ1) is 18.9. The van der Waals surface area contributed by atoms with E-state index in [1.165, 1.54) is 80.0 Å². The van der Waals surface area contributed by atoms with Crippen LogP contribution in [0, 0.1) is 0 Å². The van der Waals surface area contributed by atoms with Crippen LogP contribution in [0.1, 0.15) is 0 Å². The zero-order valence-corrected chi connectivity index (χ0v) is 21.3. The lowest BCUT2D eigenvalue weighted by Gasteiger charge is -2.15. The number of aromatic nitrogens is 1. The average Bonchev–Trinajstić information content (AvgIpc) is 3.54. The first kappa shape index (κ1) is 20.4. The molecule has 176 valence electrons. The maximum atomic E-state index is 2.49. The molecule has 9 aromatic rings. The second-order valence-corrected chi connectivity index (χ2v) is 11.1. The van der Waals surface area contributed by atoms with E-state index in [1.54, 1.807) is 0 Å². The Kier molecular flexibility index (Phi) is 3.99. The molecule has 0 unspecified atom stereocenters. The van der Waals surface area contributed by atoms with Gasteiger partial charge in [0, 0.05) is 42.7 Å². The van der Waals surface area contributed by atoms with Gasteiger partial charge in [-0.25, -0.2) is 0 Å². The van der Waals surface area contributed by atoms with Crippen LogP contribution in [0.25, 0.3) is 80.0 Å². The molecular weight excluding hydrogens is 478 g/mol. The zero-order valence-electron chi connectivity index (χ0n) is 20.5. The number of thiophene rings is 1. The van der Waals surface area contributed by atoms with E-state index in [4.69, 9.17) is 0 Å². The first-order valence-electron chi connectivity index (χ1n) is 13.0. The number of para-hydroxylation sites is 2. The average molecular weight is 500 g/mol. The summed E-state index contributed by atoms with van der Waals surface area (Å²) >= 11 is 1.92. The molecule has 2 heterocycles. The standard InChI is InChI=1S/C36H21NS/c1-2-12-22(13-3-1)37-29-20-10-8-18-27(29)33-31-25-16-6-4-14-23(25)24-15-5-7-17-26(24)32(31)34-28-19-9-11-21-30(28)38-36(34)35(33)37/h1-21H. The summed E-state index contributed by atoms with van der Waals surface area (Å²) in [5, 5.41) is 13.4. The molecule has 0 atom stereocenters. The van der Waals surface area contributed by atoms with Crippen LogP contribution >= 0.6 is 11.3 Å². The number of benzene rings is 7. The fourth-order valence-corrected chi connectivity index (χ4v) is 7.92. The molecule has 9 rings (SSSR count). The second-order valence-electron chi connectivity index (χ2n) is 10.1. The highest BCUT2D eigenvalue weighted by molar-refractivity contribution is 7.27. The number of nitrogens with zero attached hydrogens (tertiary/aromatic N) is 1. The third-order valence-corrected chi connectivity index (χ3v) is 9.31. The third-order valence-electron chi connectivity index (χ3n) is 8.13. The lowest BCUT2D eigenvalue weighted by Crippen LogP contribution is -1.93. The van der Waals surface area contributed by atoms with Crippen molar-refractivity contribution in [3.05, 3.63) is 127 Å². The van der Waals surface area contributed by atoms with Gasteiger partial charge >= 0.3 is 0 Å². The molecule has 0 amide bonds. The molecule has 0 bridgehead atoms. The molecule has 0 radical (unpaired) electrons. The van der Waals surface area contributed by atoms with Crippen molar-refractivity contribution in [3.63, 3.8) is 0 Å². The van der Waals surface area contributed by atoms with Crippen LogP contribution in [0.3, 0.4) is 0 Å². The molecule has 0 fully saturated rings. The van der Waals surface area contributed by atoms with Crippen molar-refractivity contribution in [2.24, 2.45) is 0 Å². The molecule has 0 aliphatic carbocycles. The largest absolute Gasteiger partial charge is 0.308 e. The molecule has 7 aromatic carbocycles. The number of rotatable bonds is 1. The van der Waals surface area contributed by atoms with Gasteiger partial charge in [0.15, 0.2) is 0 Å². The van der Waals surface area contributed by atoms with Gasteiger partial charge in [0.1, 0.15) is 0 Å². The summed E-state index contributed by atoms with van der Waals surface area (Å²) in [5.74, 6) is 0. The van der Waals surface area contributed by atoms with Crippen molar-refractivity contribution in [2.45, 2.75) is 0 Å². The van der Waals surface area contributed by atoms with Crippen LogP contribution in [0.15, 0.2) is 127 Å². The van der Waals surface area contributed by atoms with Crippen molar-refractivity contribution in [3.8, 4) is 5.69 Å². The number of hydrogen-bond acceptors (Lipinski definition) is 1. The normalized spacial score (nSPS) is 12.2. The predicted octanol–water partition coefficient (Wildman–Crippen LogP) is 10.6. The van der Waals surface area contributed by atoms with Crippen molar-refractivity contribution >= 4 is 85.6 Å². The molecule has 38 heavy (non-hydrogen) atoms. The molecule has 1 nitrogen and oxygen atoms in total. The van der Waals surface area contributed by atoms with Gasteiger partial charge in [0.25, 0.3) is 0 Å². The molecule has 0 aliphatic rings. The van der Waals surface area contributed by atoms with Gasteiger partial charge in [-0.2, -0.15) is 0 Å². The number of fused-ring (bicyclic) bond motifs is 15. The monoisotopic (exact) mass is 499 g/mol. The van der Waals surface area contributed by atoms with Gasteiger partial charge < -0.3 is 4.57 Å². The van der Waals surface area contributed by atoms with Crippen LogP contribution in [0.4, 0.5) is 0 Å². The van der Waals surface area contributed by atoms with Gasteiger partial charge in [-0.15, -0.1) is 11.3 Å². The second kappa shape index (κ2) is 7.44. The summed E-state index contributed by atoms with van der Waals surface area (Å²) in [6.45, 7) is 0.